The van der Waals surface area contributed by atoms with E-state index in [1.165, 1.54) is 12.8 Å². The van der Waals surface area contributed by atoms with E-state index in [0.717, 1.165) is 36.1 Å². The number of methoxy groups -OCH3 is 1. The summed E-state index contributed by atoms with van der Waals surface area (Å²) in [4.78, 5) is 0. The van der Waals surface area contributed by atoms with Crippen molar-refractivity contribution in [3.63, 3.8) is 0 Å². The lowest BCUT2D eigenvalue weighted by Gasteiger charge is -2.15. The summed E-state index contributed by atoms with van der Waals surface area (Å²) in [6, 6.07) is 6.02. The molecule has 0 atom stereocenters. The number of para-hydroxylation sites is 1. The van der Waals surface area contributed by atoms with E-state index in [0.29, 0.717) is 19.8 Å². The maximum Gasteiger partial charge on any atom is 0.165 e. The molecule has 112 valence electrons. The van der Waals surface area contributed by atoms with Crippen molar-refractivity contribution < 1.29 is 14.2 Å². The van der Waals surface area contributed by atoms with E-state index in [9.17, 15) is 0 Å². The zero-order valence-corrected chi connectivity index (χ0v) is 12.5. The first-order valence-electron chi connectivity index (χ1n) is 7.42. The van der Waals surface area contributed by atoms with Gasteiger partial charge in [-0.1, -0.05) is 12.1 Å². The van der Waals surface area contributed by atoms with Crippen LogP contribution in [0.2, 0.25) is 0 Å². The second-order valence-corrected chi connectivity index (χ2v) is 5.07. The Morgan fingerprint density at radius 3 is 2.80 bits per heavy atom. The monoisotopic (exact) mass is 279 g/mol. The number of nitrogens with one attached hydrogen (secondary N) is 1. The molecule has 0 aliphatic heterocycles. The Morgan fingerprint density at radius 2 is 2.10 bits per heavy atom. The first-order valence-corrected chi connectivity index (χ1v) is 7.42. The van der Waals surface area contributed by atoms with E-state index in [1.54, 1.807) is 7.11 Å². The molecule has 4 nitrogen and oxygen atoms in total. The van der Waals surface area contributed by atoms with Gasteiger partial charge in [0.05, 0.1) is 13.7 Å². The van der Waals surface area contributed by atoms with Gasteiger partial charge in [-0.25, -0.2) is 0 Å². The number of benzene rings is 1. The summed E-state index contributed by atoms with van der Waals surface area (Å²) in [5.41, 5.74) is 1.14. The number of hydrogen-bond acceptors (Lipinski definition) is 4. The highest BCUT2D eigenvalue weighted by atomic mass is 16.5. The lowest BCUT2D eigenvalue weighted by Crippen LogP contribution is -2.17. The molecule has 0 spiro atoms. The molecule has 1 fully saturated rings. The van der Waals surface area contributed by atoms with Crippen LogP contribution in [0.15, 0.2) is 18.2 Å². The fraction of sp³-hybridized carbons (Fsp3) is 0.625. The Bertz CT molecular complexity index is 405. The van der Waals surface area contributed by atoms with E-state index in [4.69, 9.17) is 14.2 Å². The summed E-state index contributed by atoms with van der Waals surface area (Å²) >= 11 is 0. The van der Waals surface area contributed by atoms with Crippen molar-refractivity contribution >= 4 is 0 Å². The first-order chi connectivity index (χ1) is 9.85. The minimum absolute atomic E-state index is 0.545. The molecule has 0 bridgehead atoms. The van der Waals surface area contributed by atoms with Crippen LogP contribution in [-0.4, -0.2) is 33.5 Å². The minimum Gasteiger partial charge on any atom is -0.493 e. The van der Waals surface area contributed by atoms with E-state index in [2.05, 4.69) is 11.4 Å². The van der Waals surface area contributed by atoms with Gasteiger partial charge in [-0.05, 0) is 38.3 Å². The third-order valence-corrected chi connectivity index (χ3v) is 3.40. The zero-order valence-electron chi connectivity index (χ0n) is 12.5. The van der Waals surface area contributed by atoms with E-state index in [-0.39, 0.29) is 0 Å². The minimum atomic E-state index is 0.545. The van der Waals surface area contributed by atoms with Crippen LogP contribution in [0.1, 0.15) is 25.3 Å². The van der Waals surface area contributed by atoms with Crippen LogP contribution in [0.5, 0.6) is 11.5 Å². The molecule has 20 heavy (non-hydrogen) atoms. The number of ether oxygens (including phenoxy) is 3. The lowest BCUT2D eigenvalue weighted by molar-refractivity contribution is 0.108. The van der Waals surface area contributed by atoms with Crippen molar-refractivity contribution in [3.05, 3.63) is 23.8 Å². The molecular formula is C16H25NO3. The highest BCUT2D eigenvalue weighted by Gasteiger charge is 2.20. The second-order valence-electron chi connectivity index (χ2n) is 5.07. The van der Waals surface area contributed by atoms with Crippen LogP contribution < -0.4 is 14.8 Å². The Kier molecular flexibility index (Phi) is 6.15. The molecule has 1 aromatic rings. The van der Waals surface area contributed by atoms with Crippen molar-refractivity contribution in [3.8, 4) is 11.5 Å². The van der Waals surface area contributed by atoms with Gasteiger partial charge < -0.3 is 19.5 Å². The smallest absolute Gasteiger partial charge is 0.165 e. The van der Waals surface area contributed by atoms with Crippen LogP contribution in [-0.2, 0) is 11.3 Å². The quantitative estimate of drug-likeness (QED) is 0.668. The molecule has 0 aromatic heterocycles. The standard InChI is InChI=1S/C16H25NO3/c1-3-19-9-10-20-16-14(5-4-6-15(16)18-2)12-17-11-13-7-8-13/h4-6,13,17H,3,7-12H2,1-2H3. The van der Waals surface area contributed by atoms with Crippen LogP contribution in [0.3, 0.4) is 0 Å². The second kappa shape index (κ2) is 8.12. The Hall–Kier alpha value is -1.26. The van der Waals surface area contributed by atoms with Gasteiger partial charge in [0.2, 0.25) is 0 Å². The van der Waals surface area contributed by atoms with E-state index in [1.807, 2.05) is 19.1 Å². The lowest BCUT2D eigenvalue weighted by atomic mass is 10.2. The predicted molar refractivity (Wildman–Crippen MR) is 79.4 cm³/mol. The highest BCUT2D eigenvalue weighted by molar-refractivity contribution is 5.46. The summed E-state index contributed by atoms with van der Waals surface area (Å²) in [7, 11) is 1.67. The molecule has 0 radical (unpaired) electrons. The molecule has 1 aliphatic rings. The van der Waals surface area contributed by atoms with Crippen LogP contribution in [0.25, 0.3) is 0 Å². The Balaban J connectivity index is 1.92. The first kappa shape index (κ1) is 15.1. The fourth-order valence-corrected chi connectivity index (χ4v) is 2.10. The zero-order chi connectivity index (χ0) is 14.2. The highest BCUT2D eigenvalue weighted by Crippen LogP contribution is 2.32. The van der Waals surface area contributed by atoms with Gasteiger partial charge in [-0.3, -0.25) is 0 Å². The van der Waals surface area contributed by atoms with Gasteiger partial charge in [0.25, 0.3) is 0 Å². The predicted octanol–water partition coefficient (Wildman–Crippen LogP) is 2.61. The molecule has 1 aliphatic carbocycles. The van der Waals surface area contributed by atoms with E-state index < -0.39 is 0 Å². The van der Waals surface area contributed by atoms with Crippen molar-refractivity contribution in [2.24, 2.45) is 5.92 Å². The van der Waals surface area contributed by atoms with Crippen molar-refractivity contribution in [1.29, 1.82) is 0 Å². The third kappa shape index (κ3) is 4.69. The molecule has 1 N–H and O–H groups in total. The molecular weight excluding hydrogens is 254 g/mol. The normalized spacial score (nSPS) is 14.3. The maximum absolute atomic E-state index is 5.84. The summed E-state index contributed by atoms with van der Waals surface area (Å²) in [5, 5.41) is 3.49. The molecule has 0 saturated heterocycles. The molecule has 1 saturated carbocycles. The summed E-state index contributed by atoms with van der Waals surface area (Å²) in [5.74, 6) is 2.49. The fourth-order valence-electron chi connectivity index (χ4n) is 2.10. The molecule has 0 heterocycles. The Morgan fingerprint density at radius 1 is 1.25 bits per heavy atom. The average Bonchev–Trinajstić information content (AvgIpc) is 3.28. The van der Waals surface area contributed by atoms with Gasteiger partial charge in [-0.15, -0.1) is 0 Å². The molecule has 0 unspecified atom stereocenters. The van der Waals surface area contributed by atoms with Crippen molar-refractivity contribution in [2.45, 2.75) is 26.3 Å². The van der Waals surface area contributed by atoms with Gasteiger partial charge in [0, 0.05) is 18.7 Å². The maximum atomic E-state index is 5.84. The summed E-state index contributed by atoms with van der Waals surface area (Å²) in [6.07, 6.45) is 2.73. The third-order valence-electron chi connectivity index (χ3n) is 3.40. The SMILES string of the molecule is CCOCCOc1c(CNCC2CC2)cccc1OC. The van der Waals surface area contributed by atoms with Crippen LogP contribution in [0, 0.1) is 5.92 Å². The molecule has 1 aromatic carbocycles. The van der Waals surface area contributed by atoms with Crippen molar-refractivity contribution in [1.82, 2.24) is 5.32 Å². The molecule has 4 heteroatoms. The summed E-state index contributed by atoms with van der Waals surface area (Å²) < 4.78 is 16.5. The molecule has 0 amide bonds. The van der Waals surface area contributed by atoms with Gasteiger partial charge in [0.1, 0.15) is 6.61 Å². The van der Waals surface area contributed by atoms with Crippen LogP contribution >= 0.6 is 0 Å². The van der Waals surface area contributed by atoms with E-state index >= 15 is 0 Å². The molecule has 2 rings (SSSR count). The van der Waals surface area contributed by atoms with Crippen molar-refractivity contribution in [2.75, 3.05) is 33.5 Å². The summed E-state index contributed by atoms with van der Waals surface area (Å²) in [6.45, 7) is 5.75. The number of rotatable bonds is 10. The topological polar surface area (TPSA) is 39.7 Å². The largest absolute Gasteiger partial charge is 0.493 e. The van der Waals surface area contributed by atoms with Gasteiger partial charge in [0.15, 0.2) is 11.5 Å². The Labute approximate surface area is 121 Å². The van der Waals surface area contributed by atoms with Crippen LogP contribution in [0.4, 0.5) is 0 Å². The van der Waals surface area contributed by atoms with Gasteiger partial charge >= 0.3 is 0 Å². The van der Waals surface area contributed by atoms with Gasteiger partial charge in [-0.2, -0.15) is 0 Å². The average molecular weight is 279 g/mol. The number of hydrogen-bond donors (Lipinski definition) is 1.